The van der Waals surface area contributed by atoms with Crippen molar-refractivity contribution in [3.63, 3.8) is 0 Å². The number of hydrogen-bond donors (Lipinski definition) is 1. The maximum Gasteiger partial charge on any atom is 0.430 e. The standard InChI is InChI=1S/C21H28N2O4/c1-14(15-10-7-6-8-11-15)19(25)18-16(12-9-13-17(18)24)22-23(5)20(26)27-21(2,3)4/h6-8,10-11,14,25H,9,12-13H2,1-5H3. The molecule has 1 N–H and O–H groups in total. The molecule has 1 saturated carbocycles. The van der Waals surface area contributed by atoms with Crippen LogP contribution in [-0.2, 0) is 9.53 Å². The maximum absolute atomic E-state index is 12.5. The number of rotatable bonds is 3. The van der Waals surface area contributed by atoms with Crippen molar-refractivity contribution in [2.75, 3.05) is 7.05 Å². The number of nitrogens with zero attached hydrogens (tertiary/aromatic N) is 2. The summed E-state index contributed by atoms with van der Waals surface area (Å²) in [7, 11) is 1.48. The fourth-order valence-electron chi connectivity index (χ4n) is 2.88. The molecule has 2 rings (SSSR count). The number of ether oxygens (including phenoxy) is 1. The van der Waals surface area contributed by atoms with Gasteiger partial charge in [0.15, 0.2) is 5.78 Å². The third-order valence-electron chi connectivity index (χ3n) is 4.28. The fourth-order valence-corrected chi connectivity index (χ4v) is 2.88. The number of amides is 1. The lowest BCUT2D eigenvalue weighted by Crippen LogP contribution is -2.33. The number of hydrogen-bond acceptors (Lipinski definition) is 5. The number of benzene rings is 1. The van der Waals surface area contributed by atoms with E-state index in [0.29, 0.717) is 25.0 Å². The Morgan fingerprint density at radius 2 is 1.85 bits per heavy atom. The van der Waals surface area contributed by atoms with Crippen LogP contribution in [0.3, 0.4) is 0 Å². The molecule has 6 nitrogen and oxygen atoms in total. The topological polar surface area (TPSA) is 79.2 Å². The van der Waals surface area contributed by atoms with Crippen LogP contribution in [0.15, 0.2) is 46.8 Å². The van der Waals surface area contributed by atoms with Gasteiger partial charge >= 0.3 is 6.09 Å². The van der Waals surface area contributed by atoms with Crippen LogP contribution in [0.2, 0.25) is 0 Å². The van der Waals surface area contributed by atoms with Crippen LogP contribution < -0.4 is 0 Å². The Kier molecular flexibility index (Phi) is 6.41. The summed E-state index contributed by atoms with van der Waals surface area (Å²) >= 11 is 0. The molecule has 0 heterocycles. The normalized spacial score (nSPS) is 19.6. The Morgan fingerprint density at radius 1 is 1.22 bits per heavy atom. The molecule has 0 bridgehead atoms. The van der Waals surface area contributed by atoms with E-state index < -0.39 is 11.7 Å². The van der Waals surface area contributed by atoms with Gasteiger partial charge in [0.2, 0.25) is 0 Å². The van der Waals surface area contributed by atoms with Gasteiger partial charge < -0.3 is 9.84 Å². The molecule has 0 radical (unpaired) electrons. The van der Waals surface area contributed by atoms with Gasteiger partial charge in [-0.3, -0.25) is 4.79 Å². The van der Waals surface area contributed by atoms with Gasteiger partial charge in [-0.05, 0) is 39.2 Å². The summed E-state index contributed by atoms with van der Waals surface area (Å²) in [6.07, 6.45) is 0.898. The van der Waals surface area contributed by atoms with E-state index in [1.165, 1.54) is 7.05 Å². The number of carbonyl (C=O) groups is 2. The Morgan fingerprint density at radius 3 is 2.44 bits per heavy atom. The molecule has 6 heteroatoms. The number of aliphatic hydroxyl groups excluding tert-OH is 1. The van der Waals surface area contributed by atoms with Crippen LogP contribution in [0, 0.1) is 0 Å². The van der Waals surface area contributed by atoms with Gasteiger partial charge in [0.1, 0.15) is 11.4 Å². The number of hydrazone groups is 1. The minimum absolute atomic E-state index is 0.0118. The van der Waals surface area contributed by atoms with Crippen molar-refractivity contribution in [3.05, 3.63) is 47.2 Å². The lowest BCUT2D eigenvalue weighted by Gasteiger charge is -2.25. The predicted octanol–water partition coefficient (Wildman–Crippen LogP) is 4.58. The van der Waals surface area contributed by atoms with Crippen LogP contribution >= 0.6 is 0 Å². The molecule has 0 aliphatic heterocycles. The average Bonchev–Trinajstić information content (AvgIpc) is 2.60. The van der Waals surface area contributed by atoms with Gasteiger partial charge in [-0.2, -0.15) is 5.10 Å². The highest BCUT2D eigenvalue weighted by atomic mass is 16.6. The summed E-state index contributed by atoms with van der Waals surface area (Å²) < 4.78 is 5.30. The zero-order valence-electron chi connectivity index (χ0n) is 16.7. The fraction of sp³-hybridized carbons (Fsp3) is 0.476. The second-order valence-corrected chi connectivity index (χ2v) is 7.72. The smallest absolute Gasteiger partial charge is 0.430 e. The van der Waals surface area contributed by atoms with Crippen LogP contribution in [0.5, 0.6) is 0 Å². The number of carbonyl (C=O) groups excluding carboxylic acids is 2. The molecule has 1 amide bonds. The highest BCUT2D eigenvalue weighted by Gasteiger charge is 2.29. The van der Waals surface area contributed by atoms with Crippen molar-refractivity contribution in [1.82, 2.24) is 5.01 Å². The first-order chi connectivity index (χ1) is 12.6. The molecule has 146 valence electrons. The molecule has 1 aliphatic carbocycles. The third-order valence-corrected chi connectivity index (χ3v) is 4.28. The molecule has 0 aromatic heterocycles. The third kappa shape index (κ3) is 5.42. The first kappa shape index (κ1) is 20.7. The second-order valence-electron chi connectivity index (χ2n) is 7.72. The summed E-state index contributed by atoms with van der Waals surface area (Å²) in [5.41, 5.74) is 0.893. The molecule has 1 aromatic carbocycles. The zero-order chi connectivity index (χ0) is 20.2. The largest absolute Gasteiger partial charge is 0.511 e. The summed E-state index contributed by atoms with van der Waals surface area (Å²) in [4.78, 5) is 24.7. The maximum atomic E-state index is 12.5. The SMILES string of the molecule is CC(C(O)=C1C(=O)CCCC1=NN(C)C(=O)OC(C)(C)C)c1ccccc1. The average molecular weight is 372 g/mol. The van der Waals surface area contributed by atoms with E-state index in [1.54, 1.807) is 20.8 Å². The van der Waals surface area contributed by atoms with Crippen LogP contribution in [0.4, 0.5) is 4.79 Å². The van der Waals surface area contributed by atoms with Gasteiger partial charge in [-0.15, -0.1) is 0 Å². The molecule has 1 aromatic rings. The van der Waals surface area contributed by atoms with Crippen LogP contribution in [0.25, 0.3) is 0 Å². The molecule has 1 aliphatic rings. The van der Waals surface area contributed by atoms with Gasteiger partial charge in [-0.1, -0.05) is 37.3 Å². The summed E-state index contributed by atoms with van der Waals surface area (Å²) in [5, 5.41) is 16.2. The van der Waals surface area contributed by atoms with E-state index in [4.69, 9.17) is 4.74 Å². The van der Waals surface area contributed by atoms with Crippen molar-refractivity contribution in [1.29, 1.82) is 0 Å². The molecular formula is C21H28N2O4. The lowest BCUT2D eigenvalue weighted by molar-refractivity contribution is -0.115. The molecule has 0 saturated heterocycles. The predicted molar refractivity (Wildman–Crippen MR) is 105 cm³/mol. The van der Waals surface area contributed by atoms with E-state index in [-0.39, 0.29) is 23.0 Å². The molecule has 1 unspecified atom stereocenters. The Labute approximate surface area is 160 Å². The Balaban J connectivity index is 2.36. The van der Waals surface area contributed by atoms with E-state index in [0.717, 1.165) is 10.6 Å². The monoisotopic (exact) mass is 372 g/mol. The van der Waals surface area contributed by atoms with Crippen LogP contribution in [-0.4, -0.2) is 40.4 Å². The van der Waals surface area contributed by atoms with Crippen molar-refractivity contribution in [2.45, 2.75) is 58.5 Å². The first-order valence-electron chi connectivity index (χ1n) is 9.16. The quantitative estimate of drug-likeness (QED) is 0.478. The zero-order valence-corrected chi connectivity index (χ0v) is 16.7. The van der Waals surface area contributed by atoms with Crippen molar-refractivity contribution < 1.29 is 19.4 Å². The highest BCUT2D eigenvalue weighted by molar-refractivity contribution is 6.24. The molecule has 1 atom stereocenters. The van der Waals surface area contributed by atoms with Gasteiger partial charge in [0, 0.05) is 19.4 Å². The molecular weight excluding hydrogens is 344 g/mol. The van der Waals surface area contributed by atoms with E-state index >= 15 is 0 Å². The number of aliphatic hydroxyl groups is 1. The number of ketones is 1. The Bertz CT molecular complexity index is 760. The second kappa shape index (κ2) is 8.37. The summed E-state index contributed by atoms with van der Waals surface area (Å²) in [5.74, 6) is -0.514. The molecule has 27 heavy (non-hydrogen) atoms. The number of Topliss-reactive ketones (excluding diaryl/α,β-unsaturated/α-hetero) is 1. The Hall–Kier alpha value is -2.63. The van der Waals surface area contributed by atoms with Gasteiger partial charge in [0.25, 0.3) is 0 Å². The molecule has 0 spiro atoms. The minimum atomic E-state index is -0.642. The summed E-state index contributed by atoms with van der Waals surface area (Å²) in [6, 6.07) is 9.47. The highest BCUT2D eigenvalue weighted by Crippen LogP contribution is 2.29. The van der Waals surface area contributed by atoms with Gasteiger partial charge in [-0.25, -0.2) is 9.80 Å². The van der Waals surface area contributed by atoms with E-state index in [2.05, 4.69) is 5.10 Å². The van der Waals surface area contributed by atoms with E-state index in [1.807, 2.05) is 37.3 Å². The number of allylic oxidation sites excluding steroid dienone is 2. The van der Waals surface area contributed by atoms with Crippen molar-refractivity contribution >= 4 is 17.6 Å². The van der Waals surface area contributed by atoms with Crippen LogP contribution in [0.1, 0.15) is 58.4 Å². The van der Waals surface area contributed by atoms with Crippen molar-refractivity contribution in [3.8, 4) is 0 Å². The lowest BCUT2D eigenvalue weighted by atomic mass is 9.86. The summed E-state index contributed by atoms with van der Waals surface area (Å²) in [6.45, 7) is 7.16. The van der Waals surface area contributed by atoms with Gasteiger partial charge in [0.05, 0.1) is 11.3 Å². The minimum Gasteiger partial charge on any atom is -0.511 e. The van der Waals surface area contributed by atoms with E-state index in [9.17, 15) is 14.7 Å². The first-order valence-corrected chi connectivity index (χ1v) is 9.16. The van der Waals surface area contributed by atoms with Crippen molar-refractivity contribution in [2.24, 2.45) is 5.10 Å². The molecule has 1 fully saturated rings.